The van der Waals surface area contributed by atoms with Crippen LogP contribution in [0, 0.1) is 0 Å². The van der Waals surface area contributed by atoms with Crippen molar-refractivity contribution in [3.05, 3.63) is 53.6 Å². The number of alkyl halides is 3. The summed E-state index contributed by atoms with van der Waals surface area (Å²) in [6.07, 6.45) is -1.40. The summed E-state index contributed by atoms with van der Waals surface area (Å²) in [4.78, 5) is 4.41. The molecule has 0 spiro atoms. The Hall–Kier alpha value is -2.68. The van der Waals surface area contributed by atoms with Gasteiger partial charge in [-0.25, -0.2) is 0 Å². The maximum atomic E-state index is 12.6. The van der Waals surface area contributed by atoms with Crippen LogP contribution in [0.1, 0.15) is 35.8 Å². The van der Waals surface area contributed by atoms with E-state index in [2.05, 4.69) is 15.2 Å². The lowest BCUT2D eigenvalue weighted by Gasteiger charge is -2.29. The third-order valence-electron chi connectivity index (χ3n) is 4.46. The second kappa shape index (κ2) is 6.24. The first kappa shape index (κ1) is 16.8. The van der Waals surface area contributed by atoms with Gasteiger partial charge in [0.25, 0.3) is 5.89 Å². The van der Waals surface area contributed by atoms with Gasteiger partial charge in [-0.05, 0) is 36.6 Å². The van der Waals surface area contributed by atoms with E-state index in [0.29, 0.717) is 11.7 Å². The van der Waals surface area contributed by atoms with Crippen LogP contribution in [-0.2, 0) is 12.7 Å². The number of aromatic nitrogens is 4. The summed E-state index contributed by atoms with van der Waals surface area (Å²) in [5.74, 6) is 1.34. The summed E-state index contributed by atoms with van der Waals surface area (Å²) in [5, 5.41) is 7.55. The van der Waals surface area contributed by atoms with E-state index in [0.717, 1.165) is 30.0 Å². The van der Waals surface area contributed by atoms with Gasteiger partial charge in [0, 0.05) is 23.7 Å². The van der Waals surface area contributed by atoms with Crippen LogP contribution >= 0.6 is 0 Å². The van der Waals surface area contributed by atoms with Crippen molar-refractivity contribution in [1.82, 2.24) is 19.9 Å². The average Bonchev–Trinajstić information content (AvgIpc) is 3.21. The fourth-order valence-electron chi connectivity index (χ4n) is 2.93. The minimum Gasteiger partial charge on any atom is -0.334 e. The Labute approximate surface area is 146 Å². The van der Waals surface area contributed by atoms with Crippen LogP contribution in [0.2, 0.25) is 0 Å². The molecule has 1 fully saturated rings. The minimum absolute atomic E-state index is 0.210. The van der Waals surface area contributed by atoms with E-state index in [-0.39, 0.29) is 18.5 Å². The average molecular weight is 363 g/mol. The van der Waals surface area contributed by atoms with Crippen LogP contribution in [0.15, 0.2) is 41.1 Å². The van der Waals surface area contributed by atoms with Crippen LogP contribution in [0.3, 0.4) is 0 Å². The van der Waals surface area contributed by atoms with Crippen LogP contribution < -0.4 is 5.73 Å². The van der Waals surface area contributed by atoms with Crippen molar-refractivity contribution in [2.24, 2.45) is 5.73 Å². The third kappa shape index (κ3) is 3.34. The van der Waals surface area contributed by atoms with Crippen molar-refractivity contribution in [1.29, 1.82) is 0 Å². The van der Waals surface area contributed by atoms with Gasteiger partial charge in [-0.3, -0.25) is 4.68 Å². The zero-order valence-corrected chi connectivity index (χ0v) is 13.6. The molecular weight excluding hydrogens is 347 g/mol. The molecule has 4 rings (SSSR count). The van der Waals surface area contributed by atoms with Crippen molar-refractivity contribution >= 4 is 0 Å². The summed E-state index contributed by atoms with van der Waals surface area (Å²) < 4.78 is 44.3. The monoisotopic (exact) mass is 363 g/mol. The molecule has 9 heteroatoms. The van der Waals surface area contributed by atoms with Crippen LogP contribution in [-0.4, -0.2) is 26.0 Å². The Kier molecular flexibility index (Phi) is 4.03. The number of halogens is 3. The fourth-order valence-corrected chi connectivity index (χ4v) is 2.93. The van der Waals surface area contributed by atoms with Gasteiger partial charge in [-0.1, -0.05) is 17.3 Å². The molecule has 136 valence electrons. The predicted molar refractivity (Wildman–Crippen MR) is 86.0 cm³/mol. The normalized spacial score (nSPS) is 20.2. The molecule has 1 saturated carbocycles. The second-order valence-electron chi connectivity index (χ2n) is 6.48. The zero-order valence-electron chi connectivity index (χ0n) is 13.6. The van der Waals surface area contributed by atoms with E-state index in [9.17, 15) is 13.2 Å². The van der Waals surface area contributed by atoms with Gasteiger partial charge >= 0.3 is 6.18 Å². The highest BCUT2D eigenvalue weighted by Crippen LogP contribution is 2.34. The van der Waals surface area contributed by atoms with Gasteiger partial charge in [0.2, 0.25) is 0 Å². The Bertz CT molecular complexity index is 894. The lowest BCUT2D eigenvalue weighted by Crippen LogP contribution is -2.35. The smallest absolute Gasteiger partial charge is 0.334 e. The number of benzene rings is 1. The van der Waals surface area contributed by atoms with E-state index in [4.69, 9.17) is 10.3 Å². The number of hydrogen-bond donors (Lipinski definition) is 1. The highest BCUT2D eigenvalue weighted by Gasteiger charge is 2.33. The SMILES string of the molecule is NC1CC(c2noc(-c3ccc(Cn4ccc(C(F)(F)F)n4)cc3)n2)C1. The molecule has 1 aromatic carbocycles. The summed E-state index contributed by atoms with van der Waals surface area (Å²) >= 11 is 0. The summed E-state index contributed by atoms with van der Waals surface area (Å²) in [6, 6.07) is 8.36. The number of nitrogens with two attached hydrogens (primary N) is 1. The molecule has 1 aliphatic rings. The van der Waals surface area contributed by atoms with Crippen molar-refractivity contribution in [3.63, 3.8) is 0 Å². The topological polar surface area (TPSA) is 82.8 Å². The fraction of sp³-hybridized carbons (Fsp3) is 0.353. The lowest BCUT2D eigenvalue weighted by molar-refractivity contribution is -0.141. The van der Waals surface area contributed by atoms with Gasteiger partial charge < -0.3 is 10.3 Å². The first-order chi connectivity index (χ1) is 12.4. The van der Waals surface area contributed by atoms with E-state index in [1.165, 1.54) is 10.9 Å². The molecule has 2 N–H and O–H groups in total. The molecule has 26 heavy (non-hydrogen) atoms. The van der Waals surface area contributed by atoms with E-state index in [1.54, 1.807) is 24.3 Å². The molecule has 2 heterocycles. The molecule has 6 nitrogen and oxygen atoms in total. The van der Waals surface area contributed by atoms with Gasteiger partial charge in [0.1, 0.15) is 0 Å². The maximum Gasteiger partial charge on any atom is 0.435 e. The molecule has 0 amide bonds. The van der Waals surface area contributed by atoms with E-state index < -0.39 is 11.9 Å². The minimum atomic E-state index is -4.44. The number of nitrogens with zero attached hydrogens (tertiary/aromatic N) is 4. The van der Waals surface area contributed by atoms with Crippen LogP contribution in [0.4, 0.5) is 13.2 Å². The molecule has 3 aromatic rings. The molecule has 0 saturated heterocycles. The molecule has 0 unspecified atom stereocenters. The first-order valence-corrected chi connectivity index (χ1v) is 8.17. The molecular formula is C17H16F3N5O. The van der Waals surface area contributed by atoms with Gasteiger partial charge in [-0.2, -0.15) is 23.3 Å². The molecule has 0 radical (unpaired) electrons. The molecule has 0 bridgehead atoms. The number of rotatable bonds is 4. The summed E-state index contributed by atoms with van der Waals surface area (Å²) in [6.45, 7) is 0.241. The summed E-state index contributed by atoms with van der Waals surface area (Å²) in [7, 11) is 0. The second-order valence-corrected chi connectivity index (χ2v) is 6.48. The Morgan fingerprint density at radius 2 is 1.88 bits per heavy atom. The Morgan fingerprint density at radius 3 is 2.50 bits per heavy atom. The van der Waals surface area contributed by atoms with E-state index in [1.807, 2.05) is 0 Å². The van der Waals surface area contributed by atoms with Crippen molar-refractivity contribution < 1.29 is 17.7 Å². The molecule has 0 atom stereocenters. The molecule has 2 aromatic heterocycles. The van der Waals surface area contributed by atoms with Crippen LogP contribution in [0.25, 0.3) is 11.5 Å². The van der Waals surface area contributed by atoms with Crippen molar-refractivity contribution in [2.75, 3.05) is 0 Å². The number of hydrogen-bond acceptors (Lipinski definition) is 5. The maximum absolute atomic E-state index is 12.6. The van der Waals surface area contributed by atoms with Crippen molar-refractivity contribution in [3.8, 4) is 11.5 Å². The Morgan fingerprint density at radius 1 is 1.15 bits per heavy atom. The zero-order chi connectivity index (χ0) is 18.3. The van der Waals surface area contributed by atoms with Crippen molar-refractivity contribution in [2.45, 2.75) is 37.5 Å². The van der Waals surface area contributed by atoms with Gasteiger partial charge in [-0.15, -0.1) is 0 Å². The largest absolute Gasteiger partial charge is 0.435 e. The molecule has 0 aliphatic heterocycles. The lowest BCUT2D eigenvalue weighted by atomic mass is 9.80. The molecule has 1 aliphatic carbocycles. The standard InChI is InChI=1S/C17H16F3N5O/c18-17(19,20)14-5-6-25(23-14)9-10-1-3-11(4-2-10)16-22-15(24-26-16)12-7-13(21)8-12/h1-6,12-13H,7-9,21H2. The van der Waals surface area contributed by atoms with E-state index >= 15 is 0 Å². The first-order valence-electron chi connectivity index (χ1n) is 8.17. The Balaban J connectivity index is 1.44. The third-order valence-corrected chi connectivity index (χ3v) is 4.46. The quantitative estimate of drug-likeness (QED) is 0.770. The predicted octanol–water partition coefficient (Wildman–Crippen LogP) is 3.20. The highest BCUT2D eigenvalue weighted by atomic mass is 19.4. The van der Waals surface area contributed by atoms with Crippen LogP contribution in [0.5, 0.6) is 0 Å². The highest BCUT2D eigenvalue weighted by molar-refractivity contribution is 5.53. The van der Waals surface area contributed by atoms with Gasteiger partial charge in [0.15, 0.2) is 11.5 Å². The summed E-state index contributed by atoms with van der Waals surface area (Å²) in [5.41, 5.74) is 6.45. The van der Waals surface area contributed by atoms with Gasteiger partial charge in [0.05, 0.1) is 6.54 Å².